The van der Waals surface area contributed by atoms with Gasteiger partial charge in [-0.25, -0.2) is 0 Å². The fourth-order valence-electron chi connectivity index (χ4n) is 2.24. The third-order valence-electron chi connectivity index (χ3n) is 3.41. The zero-order valence-electron chi connectivity index (χ0n) is 13.2. The number of hydrogen-bond acceptors (Lipinski definition) is 7. The van der Waals surface area contributed by atoms with Crippen LogP contribution in [0.4, 0.5) is 6.01 Å². The van der Waals surface area contributed by atoms with E-state index < -0.39 is 5.91 Å². The number of nitrogens with zero attached hydrogens (tertiary/aromatic N) is 4. The third-order valence-corrected chi connectivity index (χ3v) is 3.41. The van der Waals surface area contributed by atoms with E-state index in [0.717, 1.165) is 5.56 Å². The van der Waals surface area contributed by atoms with Gasteiger partial charge in [0.05, 0.1) is 0 Å². The molecule has 0 fully saturated rings. The maximum absolute atomic E-state index is 12.0. The smallest absolute Gasteiger partial charge is 0.322 e. The Balaban J connectivity index is 1.41. The van der Waals surface area contributed by atoms with Gasteiger partial charge in [0, 0.05) is 19.3 Å². The maximum Gasteiger partial charge on any atom is 0.322 e. The van der Waals surface area contributed by atoms with Crippen molar-refractivity contribution in [3.63, 3.8) is 0 Å². The minimum atomic E-state index is -0.395. The van der Waals surface area contributed by atoms with Crippen LogP contribution in [0.15, 0.2) is 41.0 Å². The molecular formula is C16H13N5O4. The number of rotatable bonds is 4. The largest absolute Gasteiger partial charge is 0.454 e. The number of ether oxygens (including phenoxy) is 2. The summed E-state index contributed by atoms with van der Waals surface area (Å²) in [4.78, 5) is 12.0. The Labute approximate surface area is 141 Å². The number of aromatic nitrogens is 4. The molecule has 9 nitrogen and oxygen atoms in total. The molecule has 0 saturated heterocycles. The normalized spacial score (nSPS) is 12.7. The lowest BCUT2D eigenvalue weighted by Gasteiger charge is -1.98. The molecule has 0 radical (unpaired) electrons. The topological polar surface area (TPSA) is 104 Å². The molecule has 2 aromatic heterocycles. The molecule has 1 aromatic carbocycles. The van der Waals surface area contributed by atoms with Gasteiger partial charge in [0.1, 0.15) is 5.69 Å². The molecule has 0 unspecified atom stereocenters. The van der Waals surface area contributed by atoms with Crippen molar-refractivity contribution in [2.24, 2.45) is 7.05 Å². The first-order valence-corrected chi connectivity index (χ1v) is 7.39. The summed E-state index contributed by atoms with van der Waals surface area (Å²) in [5, 5.41) is 14.3. The average molecular weight is 339 g/mol. The second-order valence-corrected chi connectivity index (χ2v) is 5.22. The van der Waals surface area contributed by atoms with Crippen molar-refractivity contribution in [2.45, 2.75) is 0 Å². The molecule has 4 rings (SSSR count). The van der Waals surface area contributed by atoms with Crippen molar-refractivity contribution in [1.29, 1.82) is 0 Å². The Morgan fingerprint density at radius 3 is 2.96 bits per heavy atom. The Bertz CT molecular complexity index is 959. The lowest BCUT2D eigenvalue weighted by molar-refractivity contribution is -0.112. The number of carbonyl (C=O) groups excluding carboxylic acids is 1. The number of anilines is 1. The van der Waals surface area contributed by atoms with Gasteiger partial charge in [0.2, 0.25) is 6.79 Å². The highest BCUT2D eigenvalue weighted by Crippen LogP contribution is 2.32. The van der Waals surface area contributed by atoms with Crippen LogP contribution in [0.25, 0.3) is 17.7 Å². The van der Waals surface area contributed by atoms with E-state index >= 15 is 0 Å². The molecule has 0 aliphatic carbocycles. The van der Waals surface area contributed by atoms with Gasteiger partial charge in [-0.05, 0) is 29.8 Å². The van der Waals surface area contributed by atoms with Crippen LogP contribution in [0.2, 0.25) is 0 Å². The molecule has 9 heteroatoms. The fourth-order valence-corrected chi connectivity index (χ4v) is 2.24. The van der Waals surface area contributed by atoms with Gasteiger partial charge in [0.15, 0.2) is 11.5 Å². The molecule has 0 bridgehead atoms. The number of amides is 1. The highest BCUT2D eigenvalue weighted by molar-refractivity contribution is 6.00. The zero-order chi connectivity index (χ0) is 17.2. The summed E-state index contributed by atoms with van der Waals surface area (Å²) in [7, 11) is 1.78. The van der Waals surface area contributed by atoms with E-state index in [0.29, 0.717) is 17.2 Å². The highest BCUT2D eigenvalue weighted by Gasteiger charge is 2.13. The summed E-state index contributed by atoms with van der Waals surface area (Å²) in [6, 6.07) is 7.14. The molecule has 0 atom stereocenters. The van der Waals surface area contributed by atoms with E-state index in [2.05, 4.69) is 20.6 Å². The second-order valence-electron chi connectivity index (χ2n) is 5.22. The number of nitrogens with one attached hydrogen (secondary N) is 1. The number of aryl methyl sites for hydroxylation is 1. The summed E-state index contributed by atoms with van der Waals surface area (Å²) in [5.74, 6) is 1.18. The fraction of sp³-hybridized carbons (Fsp3) is 0.125. The van der Waals surface area contributed by atoms with Crippen LogP contribution < -0.4 is 14.8 Å². The van der Waals surface area contributed by atoms with E-state index in [1.807, 2.05) is 6.07 Å². The summed E-state index contributed by atoms with van der Waals surface area (Å²) in [6.07, 6.45) is 4.77. The lowest BCUT2D eigenvalue weighted by atomic mass is 10.2. The molecule has 0 spiro atoms. The van der Waals surface area contributed by atoms with Crippen molar-refractivity contribution in [1.82, 2.24) is 20.0 Å². The highest BCUT2D eigenvalue weighted by atomic mass is 16.7. The first-order chi connectivity index (χ1) is 12.2. The van der Waals surface area contributed by atoms with E-state index in [9.17, 15) is 4.79 Å². The predicted octanol–water partition coefficient (Wildman–Crippen LogP) is 1.85. The van der Waals surface area contributed by atoms with Crippen molar-refractivity contribution in [3.05, 3.63) is 42.1 Å². The maximum atomic E-state index is 12.0. The van der Waals surface area contributed by atoms with Crippen molar-refractivity contribution < 1.29 is 18.7 Å². The number of benzene rings is 1. The minimum absolute atomic E-state index is 0.000916. The molecule has 1 N–H and O–H groups in total. The Kier molecular flexibility index (Phi) is 3.65. The monoisotopic (exact) mass is 339 g/mol. The van der Waals surface area contributed by atoms with Crippen molar-refractivity contribution >= 4 is 18.0 Å². The second kappa shape index (κ2) is 6.11. The Morgan fingerprint density at radius 1 is 1.24 bits per heavy atom. The summed E-state index contributed by atoms with van der Waals surface area (Å²) in [5.41, 5.74) is 1.34. The van der Waals surface area contributed by atoms with E-state index in [-0.39, 0.29) is 18.7 Å². The molecule has 0 saturated carbocycles. The van der Waals surface area contributed by atoms with Crippen LogP contribution in [-0.2, 0) is 11.8 Å². The summed E-state index contributed by atoms with van der Waals surface area (Å²) in [6.45, 7) is 0.207. The Hall–Kier alpha value is -3.62. The molecule has 3 heterocycles. The number of fused-ring (bicyclic) bond motifs is 1. The van der Waals surface area contributed by atoms with Gasteiger partial charge in [-0.3, -0.25) is 14.8 Å². The van der Waals surface area contributed by atoms with E-state index in [1.54, 1.807) is 42.2 Å². The van der Waals surface area contributed by atoms with Crippen LogP contribution in [0.1, 0.15) is 5.56 Å². The third kappa shape index (κ3) is 3.20. The van der Waals surface area contributed by atoms with E-state index in [4.69, 9.17) is 13.9 Å². The van der Waals surface area contributed by atoms with Crippen LogP contribution >= 0.6 is 0 Å². The van der Waals surface area contributed by atoms with Gasteiger partial charge in [-0.1, -0.05) is 11.2 Å². The number of carbonyl (C=O) groups is 1. The van der Waals surface area contributed by atoms with Crippen LogP contribution in [0.3, 0.4) is 0 Å². The summed E-state index contributed by atoms with van der Waals surface area (Å²) >= 11 is 0. The average Bonchev–Trinajstić information content (AvgIpc) is 3.32. The van der Waals surface area contributed by atoms with E-state index in [1.165, 1.54) is 6.08 Å². The lowest BCUT2D eigenvalue weighted by Crippen LogP contribution is -2.07. The van der Waals surface area contributed by atoms with Crippen molar-refractivity contribution in [2.75, 3.05) is 12.1 Å². The molecule has 126 valence electrons. The first-order valence-electron chi connectivity index (χ1n) is 7.39. The van der Waals surface area contributed by atoms with Gasteiger partial charge >= 0.3 is 6.01 Å². The zero-order valence-corrected chi connectivity index (χ0v) is 13.2. The van der Waals surface area contributed by atoms with Gasteiger partial charge in [0.25, 0.3) is 11.8 Å². The van der Waals surface area contributed by atoms with Crippen LogP contribution in [0, 0.1) is 0 Å². The molecular weight excluding hydrogens is 326 g/mol. The SMILES string of the molecule is Cn1ccc(-c2nnc(NC(=O)/C=C\c3ccc4c(c3)OCO4)o2)n1. The molecule has 1 aliphatic heterocycles. The molecule has 25 heavy (non-hydrogen) atoms. The number of hydrogen-bond donors (Lipinski definition) is 1. The van der Waals surface area contributed by atoms with Gasteiger partial charge < -0.3 is 13.9 Å². The van der Waals surface area contributed by atoms with Crippen LogP contribution in [-0.4, -0.2) is 32.7 Å². The minimum Gasteiger partial charge on any atom is -0.454 e. The summed E-state index contributed by atoms with van der Waals surface area (Å²) < 4.78 is 17.5. The van der Waals surface area contributed by atoms with Gasteiger partial charge in [-0.2, -0.15) is 5.10 Å². The quantitative estimate of drug-likeness (QED) is 0.723. The Morgan fingerprint density at radius 2 is 2.12 bits per heavy atom. The molecule has 1 aliphatic rings. The van der Waals surface area contributed by atoms with Gasteiger partial charge in [-0.15, -0.1) is 5.10 Å². The standard InChI is InChI=1S/C16H13N5O4/c1-21-7-6-11(20-21)15-18-19-16(25-15)17-14(22)5-3-10-2-4-12-13(8-10)24-9-23-12/h2-8H,9H2,1H3,(H,17,19,22)/b5-3-. The predicted molar refractivity (Wildman–Crippen MR) is 86.7 cm³/mol. The molecule has 3 aromatic rings. The van der Waals surface area contributed by atoms with Crippen LogP contribution in [0.5, 0.6) is 11.5 Å². The van der Waals surface area contributed by atoms with Crippen molar-refractivity contribution in [3.8, 4) is 23.1 Å². The first kappa shape index (κ1) is 14.9. The molecule has 1 amide bonds.